The van der Waals surface area contributed by atoms with Crippen molar-refractivity contribution in [1.29, 1.82) is 0 Å². The zero-order valence-electron chi connectivity index (χ0n) is 12.2. The lowest BCUT2D eigenvalue weighted by Crippen LogP contribution is -2.31. The molecule has 1 aromatic carbocycles. The molecule has 0 unspecified atom stereocenters. The molecule has 0 saturated heterocycles. The number of carbonyl (C=O) groups is 1. The molecule has 3 nitrogen and oxygen atoms in total. The van der Waals surface area contributed by atoms with Gasteiger partial charge < -0.3 is 10.1 Å². The van der Waals surface area contributed by atoms with Gasteiger partial charge in [-0.05, 0) is 36.4 Å². The molecule has 1 saturated carbocycles. The second kappa shape index (κ2) is 6.92. The van der Waals surface area contributed by atoms with E-state index in [0.717, 1.165) is 18.4 Å². The van der Waals surface area contributed by atoms with Crippen molar-refractivity contribution in [1.82, 2.24) is 5.32 Å². The van der Waals surface area contributed by atoms with E-state index in [0.29, 0.717) is 23.3 Å². The zero-order valence-corrected chi connectivity index (χ0v) is 13.0. The Bertz CT molecular complexity index is 650. The second-order valence-corrected chi connectivity index (χ2v) is 6.43. The Morgan fingerprint density at radius 3 is 2.91 bits per heavy atom. The van der Waals surface area contributed by atoms with Crippen LogP contribution in [0.2, 0.25) is 0 Å². The average molecular weight is 319 g/mol. The smallest absolute Gasteiger partial charge is 0.261 e. The maximum absolute atomic E-state index is 13.1. The van der Waals surface area contributed by atoms with Crippen LogP contribution in [-0.2, 0) is 6.61 Å². The lowest BCUT2D eigenvalue weighted by molar-refractivity contribution is 0.0942. The van der Waals surface area contributed by atoms with E-state index >= 15 is 0 Å². The first-order valence-corrected chi connectivity index (χ1v) is 8.35. The van der Waals surface area contributed by atoms with Crippen LogP contribution >= 0.6 is 11.3 Å². The summed E-state index contributed by atoms with van der Waals surface area (Å²) in [6, 6.07) is 8.21. The fraction of sp³-hybridized carbons (Fsp3) is 0.353. The summed E-state index contributed by atoms with van der Waals surface area (Å²) in [5.74, 6) is 0.163. The lowest BCUT2D eigenvalue weighted by atomic mass is 10.2. The van der Waals surface area contributed by atoms with E-state index in [9.17, 15) is 9.18 Å². The highest BCUT2D eigenvalue weighted by molar-refractivity contribution is 7.12. The van der Waals surface area contributed by atoms with Crippen LogP contribution < -0.4 is 10.1 Å². The number of rotatable bonds is 5. The molecule has 0 atom stereocenters. The summed E-state index contributed by atoms with van der Waals surface area (Å²) in [6.45, 7) is 0.330. The third-order valence-corrected chi connectivity index (χ3v) is 4.75. The van der Waals surface area contributed by atoms with Crippen LogP contribution in [0, 0.1) is 5.82 Å². The van der Waals surface area contributed by atoms with Gasteiger partial charge in [0.15, 0.2) is 0 Å². The van der Waals surface area contributed by atoms with Crippen LogP contribution in [0.5, 0.6) is 5.75 Å². The van der Waals surface area contributed by atoms with Crippen molar-refractivity contribution in [2.24, 2.45) is 0 Å². The van der Waals surface area contributed by atoms with Crippen molar-refractivity contribution in [3.63, 3.8) is 0 Å². The van der Waals surface area contributed by atoms with Gasteiger partial charge in [0.05, 0.1) is 4.88 Å². The predicted molar refractivity (Wildman–Crippen MR) is 84.8 cm³/mol. The minimum absolute atomic E-state index is 0.00564. The highest BCUT2D eigenvalue weighted by Crippen LogP contribution is 2.21. The Morgan fingerprint density at radius 1 is 1.32 bits per heavy atom. The standard InChI is InChI=1S/C17H18FNO2S/c18-13-4-3-7-15(9-13)21-10-12-8-16(22-11-12)17(20)19-14-5-1-2-6-14/h3-4,7-9,11,14H,1-2,5-6,10H2,(H,19,20). The van der Waals surface area contributed by atoms with Crippen LogP contribution in [-0.4, -0.2) is 11.9 Å². The van der Waals surface area contributed by atoms with Gasteiger partial charge in [0.25, 0.3) is 5.91 Å². The molecule has 0 spiro atoms. The molecule has 1 amide bonds. The molecular formula is C17H18FNO2S. The molecule has 1 aliphatic rings. The number of carbonyl (C=O) groups excluding carboxylic acids is 1. The van der Waals surface area contributed by atoms with Crippen molar-refractivity contribution in [2.45, 2.75) is 38.3 Å². The van der Waals surface area contributed by atoms with E-state index in [4.69, 9.17) is 4.74 Å². The number of hydrogen-bond acceptors (Lipinski definition) is 3. The number of halogens is 1. The SMILES string of the molecule is O=C(NC1CCCC1)c1cc(COc2cccc(F)c2)cs1. The van der Waals surface area contributed by atoms with Gasteiger partial charge in [-0.2, -0.15) is 0 Å². The van der Waals surface area contributed by atoms with Crippen molar-refractivity contribution in [3.05, 3.63) is 52.0 Å². The van der Waals surface area contributed by atoms with Crippen molar-refractivity contribution in [2.75, 3.05) is 0 Å². The van der Waals surface area contributed by atoms with E-state index in [1.54, 1.807) is 12.1 Å². The summed E-state index contributed by atoms with van der Waals surface area (Å²) >= 11 is 1.41. The predicted octanol–water partition coefficient (Wildman–Crippen LogP) is 4.14. The van der Waals surface area contributed by atoms with Crippen LogP contribution in [0.25, 0.3) is 0 Å². The Morgan fingerprint density at radius 2 is 2.14 bits per heavy atom. The minimum Gasteiger partial charge on any atom is -0.489 e. The molecule has 0 bridgehead atoms. The van der Waals surface area contributed by atoms with Crippen molar-refractivity contribution in [3.8, 4) is 5.75 Å². The molecule has 2 aromatic rings. The topological polar surface area (TPSA) is 38.3 Å². The molecule has 0 aliphatic heterocycles. The fourth-order valence-corrected chi connectivity index (χ4v) is 3.42. The third kappa shape index (κ3) is 3.85. The first-order chi connectivity index (χ1) is 10.7. The number of ether oxygens (including phenoxy) is 1. The number of nitrogens with one attached hydrogen (secondary N) is 1. The summed E-state index contributed by atoms with van der Waals surface area (Å²) in [7, 11) is 0. The van der Waals surface area contributed by atoms with Gasteiger partial charge in [-0.25, -0.2) is 4.39 Å². The molecule has 1 aromatic heterocycles. The average Bonchev–Trinajstić information content (AvgIpc) is 3.16. The highest BCUT2D eigenvalue weighted by atomic mass is 32.1. The Hall–Kier alpha value is -1.88. The van der Waals surface area contributed by atoms with Crippen molar-refractivity contribution >= 4 is 17.2 Å². The fourth-order valence-electron chi connectivity index (χ4n) is 2.62. The number of hydrogen-bond donors (Lipinski definition) is 1. The molecule has 5 heteroatoms. The third-order valence-electron chi connectivity index (χ3n) is 3.77. The van der Waals surface area contributed by atoms with Gasteiger partial charge in [0.2, 0.25) is 0 Å². The van der Waals surface area contributed by atoms with Crippen LogP contribution in [0.15, 0.2) is 35.7 Å². The van der Waals surface area contributed by atoms with E-state index in [2.05, 4.69) is 5.32 Å². The van der Waals surface area contributed by atoms with Crippen molar-refractivity contribution < 1.29 is 13.9 Å². The monoisotopic (exact) mass is 319 g/mol. The summed E-state index contributed by atoms with van der Waals surface area (Å²) < 4.78 is 18.6. The summed E-state index contributed by atoms with van der Waals surface area (Å²) in [4.78, 5) is 12.8. The maximum atomic E-state index is 13.1. The molecule has 1 heterocycles. The van der Waals surface area contributed by atoms with E-state index in [1.165, 1.54) is 36.3 Å². The maximum Gasteiger partial charge on any atom is 0.261 e. The quantitative estimate of drug-likeness (QED) is 0.899. The molecule has 116 valence electrons. The molecule has 1 aliphatic carbocycles. The number of amides is 1. The lowest BCUT2D eigenvalue weighted by Gasteiger charge is -2.10. The Kier molecular flexibility index (Phi) is 4.73. The first kappa shape index (κ1) is 15.0. The summed E-state index contributed by atoms with van der Waals surface area (Å²) in [6.07, 6.45) is 4.55. The molecule has 1 N–H and O–H groups in total. The second-order valence-electron chi connectivity index (χ2n) is 5.52. The number of thiophene rings is 1. The van der Waals surface area contributed by atoms with Gasteiger partial charge in [0, 0.05) is 17.7 Å². The van der Waals surface area contributed by atoms with Gasteiger partial charge in [-0.1, -0.05) is 18.9 Å². The van der Waals surface area contributed by atoms with Crippen LogP contribution in [0.1, 0.15) is 40.9 Å². The molecule has 3 rings (SSSR count). The van der Waals surface area contributed by atoms with Crippen LogP contribution in [0.4, 0.5) is 4.39 Å². The summed E-state index contributed by atoms with van der Waals surface area (Å²) in [5.41, 5.74) is 0.922. The normalized spacial score (nSPS) is 15.0. The van der Waals surface area contributed by atoms with E-state index in [-0.39, 0.29) is 11.7 Å². The molecule has 22 heavy (non-hydrogen) atoms. The van der Waals surface area contributed by atoms with E-state index < -0.39 is 0 Å². The van der Waals surface area contributed by atoms with Gasteiger partial charge >= 0.3 is 0 Å². The van der Waals surface area contributed by atoms with Gasteiger partial charge in [-0.3, -0.25) is 4.79 Å². The van der Waals surface area contributed by atoms with Crippen LogP contribution in [0.3, 0.4) is 0 Å². The zero-order chi connectivity index (χ0) is 15.4. The Balaban J connectivity index is 1.55. The van der Waals surface area contributed by atoms with Gasteiger partial charge in [-0.15, -0.1) is 11.3 Å². The van der Waals surface area contributed by atoms with Gasteiger partial charge in [0.1, 0.15) is 18.2 Å². The minimum atomic E-state index is -0.320. The largest absolute Gasteiger partial charge is 0.489 e. The molecular weight excluding hydrogens is 301 g/mol. The number of benzene rings is 1. The highest BCUT2D eigenvalue weighted by Gasteiger charge is 2.18. The first-order valence-electron chi connectivity index (χ1n) is 7.47. The van der Waals surface area contributed by atoms with E-state index in [1.807, 2.05) is 11.4 Å². The molecule has 0 radical (unpaired) electrons. The summed E-state index contributed by atoms with van der Waals surface area (Å²) in [5, 5.41) is 4.98. The molecule has 1 fully saturated rings. The Labute approximate surface area is 133 Å².